The lowest BCUT2D eigenvalue weighted by atomic mass is 10.2. The van der Waals surface area contributed by atoms with Crippen LogP contribution < -0.4 is 15.2 Å². The number of ether oxygens (including phenoxy) is 2. The van der Waals surface area contributed by atoms with Crippen LogP contribution in [0.4, 0.5) is 10.5 Å². The van der Waals surface area contributed by atoms with Crippen molar-refractivity contribution < 1.29 is 22.7 Å². The largest absolute Gasteiger partial charge is 0.410 e. The Hall–Kier alpha value is -2.58. The summed E-state index contributed by atoms with van der Waals surface area (Å²) in [7, 11) is -3.65. The Balaban J connectivity index is 1.63. The first-order valence-corrected chi connectivity index (χ1v) is 9.60. The molecule has 1 amide bonds. The summed E-state index contributed by atoms with van der Waals surface area (Å²) >= 11 is 0. The first kappa shape index (κ1) is 18.2. The monoisotopic (exact) mass is 376 g/mol. The molecule has 0 saturated heterocycles. The number of amides is 1. The molecule has 0 aromatic heterocycles. The van der Waals surface area contributed by atoms with Crippen LogP contribution in [0.5, 0.6) is 5.75 Å². The van der Waals surface area contributed by atoms with Gasteiger partial charge in [-0.05, 0) is 30.5 Å². The second-order valence-corrected chi connectivity index (χ2v) is 8.29. The highest BCUT2D eigenvalue weighted by Crippen LogP contribution is 2.44. The van der Waals surface area contributed by atoms with Gasteiger partial charge in [0.15, 0.2) is 0 Å². The van der Waals surface area contributed by atoms with Gasteiger partial charge in [-0.25, -0.2) is 13.2 Å². The molecule has 1 fully saturated rings. The number of anilines is 1. The molecular formula is C18H20N2O5S. The third-order valence-electron chi connectivity index (χ3n) is 4.16. The summed E-state index contributed by atoms with van der Waals surface area (Å²) in [5.41, 5.74) is 6.26. The summed E-state index contributed by atoms with van der Waals surface area (Å²) in [5, 5.41) is 0. The predicted molar refractivity (Wildman–Crippen MR) is 97.3 cm³/mol. The van der Waals surface area contributed by atoms with E-state index in [0.717, 1.165) is 5.56 Å². The highest BCUT2D eigenvalue weighted by Gasteiger charge is 2.55. The third kappa shape index (κ3) is 4.33. The molecule has 138 valence electrons. The molecule has 0 heterocycles. The van der Waals surface area contributed by atoms with E-state index in [0.29, 0.717) is 25.1 Å². The van der Waals surface area contributed by atoms with Gasteiger partial charge in [0.2, 0.25) is 10.0 Å². The highest BCUT2D eigenvalue weighted by molar-refractivity contribution is 7.94. The lowest BCUT2D eigenvalue weighted by Crippen LogP contribution is -2.34. The van der Waals surface area contributed by atoms with Crippen molar-refractivity contribution in [3.63, 3.8) is 0 Å². The molecule has 0 radical (unpaired) electrons. The molecule has 1 saturated carbocycles. The number of sulfonamides is 1. The Morgan fingerprint density at radius 2 is 1.85 bits per heavy atom. The van der Waals surface area contributed by atoms with E-state index in [1.807, 2.05) is 30.3 Å². The fraction of sp³-hybridized carbons (Fsp3) is 0.278. The summed E-state index contributed by atoms with van der Waals surface area (Å²) in [6.07, 6.45) is 0.112. The van der Waals surface area contributed by atoms with Gasteiger partial charge in [0.25, 0.3) is 0 Å². The Bertz CT molecular complexity index is 879. The van der Waals surface area contributed by atoms with E-state index >= 15 is 0 Å². The van der Waals surface area contributed by atoms with E-state index in [4.69, 9.17) is 15.2 Å². The van der Waals surface area contributed by atoms with Crippen LogP contribution in [0.3, 0.4) is 0 Å². The van der Waals surface area contributed by atoms with E-state index < -0.39 is 20.9 Å². The highest BCUT2D eigenvalue weighted by atomic mass is 32.2. The zero-order chi connectivity index (χ0) is 18.6. The van der Waals surface area contributed by atoms with Crippen LogP contribution in [0.1, 0.15) is 18.4 Å². The molecule has 0 unspecified atom stereocenters. The van der Waals surface area contributed by atoms with Crippen molar-refractivity contribution in [2.75, 3.05) is 11.3 Å². The quantitative estimate of drug-likeness (QED) is 0.736. The maximum atomic E-state index is 12.7. The first-order valence-electron chi connectivity index (χ1n) is 8.12. The fourth-order valence-electron chi connectivity index (χ4n) is 2.56. The average molecular weight is 376 g/mol. The number of nitrogens with one attached hydrogen (secondary N) is 1. The van der Waals surface area contributed by atoms with Crippen molar-refractivity contribution in [2.45, 2.75) is 24.2 Å². The molecule has 3 N–H and O–H groups in total. The van der Waals surface area contributed by atoms with Gasteiger partial charge in [-0.15, -0.1) is 0 Å². The van der Waals surface area contributed by atoms with Gasteiger partial charge in [0, 0.05) is 6.07 Å². The minimum atomic E-state index is -3.65. The van der Waals surface area contributed by atoms with Gasteiger partial charge < -0.3 is 15.2 Å². The van der Waals surface area contributed by atoms with Crippen molar-refractivity contribution in [1.29, 1.82) is 0 Å². The second-order valence-electron chi connectivity index (χ2n) is 6.22. The molecule has 26 heavy (non-hydrogen) atoms. The van der Waals surface area contributed by atoms with Crippen LogP contribution in [-0.2, 0) is 21.4 Å². The second kappa shape index (κ2) is 7.35. The van der Waals surface area contributed by atoms with Crippen LogP contribution in [-0.4, -0.2) is 25.9 Å². The molecule has 8 heteroatoms. The Morgan fingerprint density at radius 1 is 1.12 bits per heavy atom. The van der Waals surface area contributed by atoms with Gasteiger partial charge in [-0.1, -0.05) is 36.4 Å². The van der Waals surface area contributed by atoms with Crippen LogP contribution >= 0.6 is 0 Å². The standard InChI is InChI=1S/C18H20N2O5S/c19-17(21)25-16-8-4-7-15(11-16)20-26(22,23)18(9-10-18)13-24-12-14-5-2-1-3-6-14/h1-8,11,20H,9-10,12-13H2,(H2,19,21). The van der Waals surface area contributed by atoms with E-state index in [-0.39, 0.29) is 12.4 Å². The number of nitrogens with two attached hydrogens (primary N) is 1. The number of primary amides is 1. The molecule has 0 spiro atoms. The van der Waals surface area contributed by atoms with E-state index in [2.05, 4.69) is 4.72 Å². The zero-order valence-corrected chi connectivity index (χ0v) is 14.9. The van der Waals surface area contributed by atoms with E-state index in [9.17, 15) is 13.2 Å². The Kier molecular flexibility index (Phi) is 5.15. The summed E-state index contributed by atoms with van der Waals surface area (Å²) in [5.74, 6) is 0.169. The van der Waals surface area contributed by atoms with Crippen LogP contribution in [0.25, 0.3) is 0 Å². The van der Waals surface area contributed by atoms with Crippen molar-refractivity contribution in [2.24, 2.45) is 5.73 Å². The number of carbonyl (C=O) groups is 1. The van der Waals surface area contributed by atoms with Crippen molar-refractivity contribution >= 4 is 21.8 Å². The topological polar surface area (TPSA) is 108 Å². The Labute approximate surface area is 152 Å². The molecule has 1 aliphatic carbocycles. The molecule has 2 aromatic carbocycles. The lowest BCUT2D eigenvalue weighted by Gasteiger charge is -2.18. The van der Waals surface area contributed by atoms with Crippen molar-refractivity contribution in [3.05, 3.63) is 60.2 Å². The Morgan fingerprint density at radius 3 is 2.50 bits per heavy atom. The molecule has 0 bridgehead atoms. The van der Waals surface area contributed by atoms with E-state index in [1.165, 1.54) is 12.1 Å². The van der Waals surface area contributed by atoms with Crippen LogP contribution in [0.15, 0.2) is 54.6 Å². The zero-order valence-electron chi connectivity index (χ0n) is 14.1. The van der Waals surface area contributed by atoms with Gasteiger partial charge in [0.1, 0.15) is 10.5 Å². The normalized spacial score (nSPS) is 15.2. The number of hydrogen-bond donors (Lipinski definition) is 2. The molecule has 0 aliphatic heterocycles. The SMILES string of the molecule is NC(=O)Oc1cccc(NS(=O)(=O)C2(COCc3ccccc3)CC2)c1. The summed E-state index contributed by atoms with van der Waals surface area (Å²) < 4.78 is 37.5. The molecule has 3 rings (SSSR count). The van der Waals surface area contributed by atoms with Gasteiger partial charge in [-0.2, -0.15) is 0 Å². The van der Waals surface area contributed by atoms with Gasteiger partial charge in [0.05, 0.1) is 18.9 Å². The maximum Gasteiger partial charge on any atom is 0.409 e. The lowest BCUT2D eigenvalue weighted by molar-refractivity contribution is 0.116. The number of hydrogen-bond acceptors (Lipinski definition) is 5. The minimum absolute atomic E-state index is 0.120. The first-order chi connectivity index (χ1) is 12.4. The molecule has 0 atom stereocenters. The fourth-order valence-corrected chi connectivity index (χ4v) is 4.09. The minimum Gasteiger partial charge on any atom is -0.410 e. The summed E-state index contributed by atoms with van der Waals surface area (Å²) in [6.45, 7) is 0.481. The van der Waals surface area contributed by atoms with Gasteiger partial charge >= 0.3 is 6.09 Å². The summed E-state index contributed by atoms with van der Waals surface area (Å²) in [6, 6.07) is 15.6. The van der Waals surface area contributed by atoms with Crippen molar-refractivity contribution in [1.82, 2.24) is 0 Å². The number of carbonyl (C=O) groups excluding carboxylic acids is 1. The molecule has 1 aliphatic rings. The predicted octanol–water partition coefficient (Wildman–Crippen LogP) is 2.64. The molecule has 7 nitrogen and oxygen atoms in total. The summed E-state index contributed by atoms with van der Waals surface area (Å²) in [4.78, 5) is 10.8. The average Bonchev–Trinajstić information content (AvgIpc) is 3.37. The number of rotatable bonds is 8. The van der Waals surface area contributed by atoms with Crippen LogP contribution in [0.2, 0.25) is 0 Å². The van der Waals surface area contributed by atoms with Gasteiger partial charge in [-0.3, -0.25) is 4.72 Å². The number of benzene rings is 2. The molecule has 2 aromatic rings. The smallest absolute Gasteiger partial charge is 0.409 e. The third-order valence-corrected chi connectivity index (χ3v) is 6.33. The van der Waals surface area contributed by atoms with Crippen molar-refractivity contribution in [3.8, 4) is 5.75 Å². The maximum absolute atomic E-state index is 12.7. The van der Waals surface area contributed by atoms with E-state index in [1.54, 1.807) is 12.1 Å². The van der Waals surface area contributed by atoms with Crippen LogP contribution in [0, 0.1) is 0 Å². The molecular weight excluding hydrogens is 356 g/mol.